The average molecular weight is 405 g/mol. The maximum absolute atomic E-state index is 11.8. The molecule has 0 bridgehead atoms. The van der Waals surface area contributed by atoms with E-state index in [-0.39, 0.29) is 5.91 Å². The molecule has 0 saturated carbocycles. The molecule has 3 N–H and O–H groups in total. The van der Waals surface area contributed by atoms with Crippen LogP contribution in [0.4, 0.5) is 0 Å². The molecule has 0 aliphatic heterocycles. The van der Waals surface area contributed by atoms with Crippen molar-refractivity contribution in [3.63, 3.8) is 0 Å². The summed E-state index contributed by atoms with van der Waals surface area (Å²) in [6.07, 6.45) is 4.59. The Morgan fingerprint density at radius 1 is 1.07 bits per heavy atom. The van der Waals surface area contributed by atoms with Gasteiger partial charge in [-0.25, -0.2) is 4.98 Å². The van der Waals surface area contributed by atoms with Crippen molar-refractivity contribution in [1.29, 1.82) is 0 Å². The first-order valence-electron chi connectivity index (χ1n) is 9.99. The summed E-state index contributed by atoms with van der Waals surface area (Å²) in [5.74, 6) is 1.58. The lowest BCUT2D eigenvalue weighted by Gasteiger charge is -2.13. The summed E-state index contributed by atoms with van der Waals surface area (Å²) in [7, 11) is 3.38. The van der Waals surface area contributed by atoms with Crippen LogP contribution in [0, 0.1) is 0 Å². The van der Waals surface area contributed by atoms with E-state index in [0.717, 1.165) is 24.4 Å². The molecule has 3 aromatic rings. The minimum atomic E-state index is -0.0757. The second kappa shape index (κ2) is 10.8. The summed E-state index contributed by atoms with van der Waals surface area (Å²) in [6.45, 7) is 2.06. The van der Waals surface area contributed by atoms with Crippen LogP contribution in [-0.4, -0.2) is 42.1 Å². The Labute approximate surface area is 177 Å². The van der Waals surface area contributed by atoms with Crippen molar-refractivity contribution in [2.45, 2.75) is 19.5 Å². The fourth-order valence-electron chi connectivity index (χ4n) is 3.15. The minimum Gasteiger partial charge on any atom is -0.356 e. The van der Waals surface area contributed by atoms with Gasteiger partial charge in [0.1, 0.15) is 5.82 Å². The Balaban J connectivity index is 1.49. The monoisotopic (exact) mass is 404 g/mol. The van der Waals surface area contributed by atoms with Crippen molar-refractivity contribution < 1.29 is 4.79 Å². The molecule has 7 heteroatoms. The summed E-state index contributed by atoms with van der Waals surface area (Å²) >= 11 is 0. The quantitative estimate of drug-likeness (QED) is 0.397. The van der Waals surface area contributed by atoms with Crippen molar-refractivity contribution in [1.82, 2.24) is 25.5 Å². The Morgan fingerprint density at radius 2 is 1.87 bits per heavy atom. The molecular formula is C23H28N6O. The summed E-state index contributed by atoms with van der Waals surface area (Å²) < 4.78 is 2.12. The van der Waals surface area contributed by atoms with Crippen LogP contribution < -0.4 is 16.0 Å². The van der Waals surface area contributed by atoms with Gasteiger partial charge in [-0.05, 0) is 29.7 Å². The van der Waals surface area contributed by atoms with Gasteiger partial charge in [0.05, 0.1) is 6.54 Å². The van der Waals surface area contributed by atoms with Crippen molar-refractivity contribution >= 4 is 11.9 Å². The molecule has 30 heavy (non-hydrogen) atoms. The van der Waals surface area contributed by atoms with Gasteiger partial charge in [-0.15, -0.1) is 0 Å². The van der Waals surface area contributed by atoms with Gasteiger partial charge in [0.2, 0.25) is 0 Å². The zero-order valence-electron chi connectivity index (χ0n) is 17.4. The third-order valence-electron chi connectivity index (χ3n) is 4.76. The Hall–Kier alpha value is -3.61. The summed E-state index contributed by atoms with van der Waals surface area (Å²) in [5.41, 5.74) is 3.00. The van der Waals surface area contributed by atoms with Crippen LogP contribution in [0.2, 0.25) is 0 Å². The summed E-state index contributed by atoms with van der Waals surface area (Å²) in [6, 6.07) is 18.0. The number of carbonyl (C=O) groups excluding carboxylic acids is 1. The third kappa shape index (κ3) is 5.94. The van der Waals surface area contributed by atoms with Crippen molar-refractivity contribution in [2.75, 3.05) is 20.6 Å². The second-order valence-corrected chi connectivity index (χ2v) is 6.84. The molecule has 0 aliphatic carbocycles. The van der Waals surface area contributed by atoms with Crippen LogP contribution in [-0.2, 0) is 19.5 Å². The Bertz CT molecular complexity index is 980. The zero-order valence-corrected chi connectivity index (χ0v) is 17.4. The molecule has 1 aromatic heterocycles. The number of amides is 1. The zero-order chi connectivity index (χ0) is 21.2. The molecule has 0 aliphatic rings. The molecular weight excluding hydrogens is 376 g/mol. The lowest BCUT2D eigenvalue weighted by molar-refractivity contribution is 0.0963. The fraction of sp³-hybridized carbons (Fsp3) is 0.261. The molecule has 3 rings (SSSR count). The number of hydrogen-bond acceptors (Lipinski definition) is 3. The number of nitrogens with zero attached hydrogens (tertiary/aromatic N) is 3. The van der Waals surface area contributed by atoms with E-state index in [9.17, 15) is 4.79 Å². The molecule has 0 unspecified atom stereocenters. The number of aromatic nitrogens is 2. The standard InChI is InChI=1S/C23H28N6O/c1-24-22(30)20-10-6-9-18(15-20)11-12-27-23(25-2)28-16-21-26-13-14-29(21)17-19-7-4-3-5-8-19/h3-10,13-15H,11-12,16-17H2,1-2H3,(H,24,30)(H2,25,27,28). The number of benzene rings is 2. The highest BCUT2D eigenvalue weighted by Gasteiger charge is 2.06. The first-order valence-corrected chi connectivity index (χ1v) is 9.99. The molecule has 0 saturated heterocycles. The average Bonchev–Trinajstić information content (AvgIpc) is 3.23. The number of carbonyl (C=O) groups is 1. The molecule has 1 amide bonds. The van der Waals surface area contributed by atoms with E-state index in [1.54, 1.807) is 14.1 Å². The molecule has 0 fully saturated rings. The number of hydrogen-bond donors (Lipinski definition) is 3. The van der Waals surface area contributed by atoms with Gasteiger partial charge in [-0.1, -0.05) is 42.5 Å². The van der Waals surface area contributed by atoms with Gasteiger partial charge < -0.3 is 20.5 Å². The highest BCUT2D eigenvalue weighted by molar-refractivity contribution is 5.94. The lowest BCUT2D eigenvalue weighted by atomic mass is 10.1. The number of aliphatic imine (C=N–C) groups is 1. The lowest BCUT2D eigenvalue weighted by Crippen LogP contribution is -2.38. The molecule has 1 heterocycles. The van der Waals surface area contributed by atoms with E-state index < -0.39 is 0 Å². The predicted molar refractivity (Wildman–Crippen MR) is 120 cm³/mol. The van der Waals surface area contributed by atoms with E-state index in [1.807, 2.05) is 54.9 Å². The first kappa shape index (κ1) is 21.1. The summed E-state index contributed by atoms with van der Waals surface area (Å²) in [4.78, 5) is 20.5. The van der Waals surface area contributed by atoms with E-state index in [2.05, 4.69) is 42.6 Å². The SMILES string of the molecule is CN=C(NCCc1cccc(C(=O)NC)c1)NCc1nccn1Cc1ccccc1. The van der Waals surface area contributed by atoms with Gasteiger partial charge in [0.25, 0.3) is 5.91 Å². The first-order chi connectivity index (χ1) is 14.7. The predicted octanol–water partition coefficient (Wildman–Crippen LogP) is 2.20. The smallest absolute Gasteiger partial charge is 0.251 e. The van der Waals surface area contributed by atoms with Gasteiger partial charge >= 0.3 is 0 Å². The van der Waals surface area contributed by atoms with E-state index in [4.69, 9.17) is 0 Å². The van der Waals surface area contributed by atoms with Crippen molar-refractivity contribution in [3.05, 3.63) is 89.5 Å². The number of imidazole rings is 1. The molecule has 156 valence electrons. The second-order valence-electron chi connectivity index (χ2n) is 6.84. The van der Waals surface area contributed by atoms with Crippen molar-refractivity contribution in [2.24, 2.45) is 4.99 Å². The number of nitrogens with one attached hydrogen (secondary N) is 3. The third-order valence-corrected chi connectivity index (χ3v) is 4.76. The van der Waals surface area contributed by atoms with Gasteiger partial charge in [-0.2, -0.15) is 0 Å². The van der Waals surface area contributed by atoms with Crippen LogP contribution in [0.15, 0.2) is 72.0 Å². The highest BCUT2D eigenvalue weighted by atomic mass is 16.1. The normalized spacial score (nSPS) is 11.2. The molecule has 7 nitrogen and oxygen atoms in total. The van der Waals surface area contributed by atoms with Crippen LogP contribution in [0.25, 0.3) is 0 Å². The maximum atomic E-state index is 11.8. The Kier molecular flexibility index (Phi) is 7.60. The van der Waals surface area contributed by atoms with Crippen LogP contribution in [0.3, 0.4) is 0 Å². The molecule has 0 atom stereocenters. The topological polar surface area (TPSA) is 83.3 Å². The highest BCUT2D eigenvalue weighted by Crippen LogP contribution is 2.07. The fourth-order valence-corrected chi connectivity index (χ4v) is 3.15. The number of rotatable bonds is 8. The van der Waals surface area contributed by atoms with E-state index >= 15 is 0 Å². The van der Waals surface area contributed by atoms with Crippen LogP contribution >= 0.6 is 0 Å². The van der Waals surface area contributed by atoms with E-state index in [0.29, 0.717) is 24.6 Å². The van der Waals surface area contributed by atoms with Gasteiger partial charge in [-0.3, -0.25) is 9.79 Å². The van der Waals surface area contributed by atoms with Gasteiger partial charge in [0.15, 0.2) is 5.96 Å². The molecule has 2 aromatic carbocycles. The van der Waals surface area contributed by atoms with Crippen LogP contribution in [0.1, 0.15) is 27.3 Å². The minimum absolute atomic E-state index is 0.0757. The molecule has 0 spiro atoms. The largest absolute Gasteiger partial charge is 0.356 e. The van der Waals surface area contributed by atoms with E-state index in [1.165, 1.54) is 5.56 Å². The summed E-state index contributed by atoms with van der Waals surface area (Å²) in [5, 5.41) is 9.28. The van der Waals surface area contributed by atoms with Gasteiger partial charge in [0, 0.05) is 45.1 Å². The van der Waals surface area contributed by atoms with Crippen LogP contribution in [0.5, 0.6) is 0 Å². The Morgan fingerprint density at radius 3 is 2.63 bits per heavy atom. The molecule has 0 radical (unpaired) electrons. The number of guanidine groups is 1. The maximum Gasteiger partial charge on any atom is 0.251 e. The van der Waals surface area contributed by atoms with Crippen molar-refractivity contribution in [3.8, 4) is 0 Å².